The lowest BCUT2D eigenvalue weighted by Gasteiger charge is -2.19. The van der Waals surface area contributed by atoms with Crippen LogP contribution < -0.4 is 5.32 Å². The van der Waals surface area contributed by atoms with Crippen molar-refractivity contribution in [3.8, 4) is 0 Å². The van der Waals surface area contributed by atoms with Crippen molar-refractivity contribution in [2.75, 3.05) is 5.32 Å². The summed E-state index contributed by atoms with van der Waals surface area (Å²) < 4.78 is 2.05. The maximum atomic E-state index is 10.2. The molecule has 2 aromatic heterocycles. The van der Waals surface area contributed by atoms with Gasteiger partial charge in [0, 0.05) is 42.6 Å². The van der Waals surface area contributed by atoms with Crippen LogP contribution in [0, 0.1) is 5.92 Å². The molecule has 112 valence electrons. The molecule has 0 saturated heterocycles. The van der Waals surface area contributed by atoms with Crippen LogP contribution in [-0.2, 0) is 13.2 Å². The summed E-state index contributed by atoms with van der Waals surface area (Å²) in [4.78, 5) is 8.04. The van der Waals surface area contributed by atoms with Gasteiger partial charge in [0.05, 0.1) is 25.1 Å². The molecular weight excluding hydrogens is 268 g/mol. The van der Waals surface area contributed by atoms with E-state index in [0.29, 0.717) is 5.92 Å². The van der Waals surface area contributed by atoms with Gasteiger partial charge in [0.25, 0.3) is 0 Å². The number of imidazole rings is 1. The third-order valence-electron chi connectivity index (χ3n) is 4.07. The Kier molecular flexibility index (Phi) is 4.17. The normalized spacial score (nSPS) is 25.1. The molecule has 1 fully saturated rings. The monoisotopic (exact) mass is 288 g/mol. The SMILES string of the molecule is OCc1cnccc1N[C@@H]1CC(Cn2ccnc2)C[C@H]1O. The second-order valence-corrected chi connectivity index (χ2v) is 5.61. The van der Waals surface area contributed by atoms with Gasteiger partial charge in [0.15, 0.2) is 0 Å². The quantitative estimate of drug-likeness (QED) is 0.765. The third-order valence-corrected chi connectivity index (χ3v) is 4.07. The van der Waals surface area contributed by atoms with Crippen LogP contribution in [0.15, 0.2) is 37.2 Å². The van der Waals surface area contributed by atoms with Crippen molar-refractivity contribution >= 4 is 5.69 Å². The number of aromatic nitrogens is 3. The molecule has 0 radical (unpaired) electrons. The molecule has 1 saturated carbocycles. The minimum atomic E-state index is -0.377. The summed E-state index contributed by atoms with van der Waals surface area (Å²) >= 11 is 0. The summed E-state index contributed by atoms with van der Waals surface area (Å²) in [6, 6.07) is 1.84. The molecule has 0 bridgehead atoms. The number of pyridine rings is 1. The molecule has 6 nitrogen and oxygen atoms in total. The fraction of sp³-hybridized carbons (Fsp3) is 0.467. The first-order valence-electron chi connectivity index (χ1n) is 7.20. The molecule has 3 atom stereocenters. The largest absolute Gasteiger partial charge is 0.392 e. The highest BCUT2D eigenvalue weighted by atomic mass is 16.3. The Hall–Kier alpha value is -1.92. The van der Waals surface area contributed by atoms with Crippen molar-refractivity contribution in [3.05, 3.63) is 42.7 Å². The van der Waals surface area contributed by atoms with Gasteiger partial charge in [0.1, 0.15) is 0 Å². The van der Waals surface area contributed by atoms with E-state index in [2.05, 4.69) is 15.3 Å². The lowest BCUT2D eigenvalue weighted by molar-refractivity contribution is 0.166. The van der Waals surface area contributed by atoms with Gasteiger partial charge in [-0.3, -0.25) is 4.98 Å². The lowest BCUT2D eigenvalue weighted by Crippen LogP contribution is -2.28. The van der Waals surface area contributed by atoms with E-state index in [9.17, 15) is 10.2 Å². The summed E-state index contributed by atoms with van der Waals surface area (Å²) in [5.74, 6) is 0.422. The molecule has 2 aromatic rings. The Bertz CT molecular complexity index is 573. The molecule has 6 heteroatoms. The van der Waals surface area contributed by atoms with Gasteiger partial charge >= 0.3 is 0 Å². The Morgan fingerprint density at radius 2 is 2.19 bits per heavy atom. The number of nitrogens with zero attached hydrogens (tertiary/aromatic N) is 3. The zero-order valence-electron chi connectivity index (χ0n) is 11.8. The number of rotatable bonds is 5. The molecule has 0 aliphatic heterocycles. The summed E-state index contributed by atoms with van der Waals surface area (Å²) in [6.45, 7) is 0.815. The van der Waals surface area contributed by atoms with Crippen molar-refractivity contribution in [1.82, 2.24) is 14.5 Å². The molecule has 21 heavy (non-hydrogen) atoms. The second kappa shape index (κ2) is 6.24. The predicted octanol–water partition coefficient (Wildman–Crippen LogP) is 1.02. The van der Waals surface area contributed by atoms with E-state index in [-0.39, 0.29) is 18.8 Å². The van der Waals surface area contributed by atoms with Gasteiger partial charge in [-0.25, -0.2) is 4.98 Å². The number of nitrogens with one attached hydrogen (secondary N) is 1. The first-order chi connectivity index (χ1) is 10.3. The van der Waals surface area contributed by atoms with Crippen molar-refractivity contribution < 1.29 is 10.2 Å². The first-order valence-corrected chi connectivity index (χ1v) is 7.20. The van der Waals surface area contributed by atoms with Gasteiger partial charge in [-0.2, -0.15) is 0 Å². The summed E-state index contributed by atoms with van der Waals surface area (Å²) in [6.07, 6.45) is 10.1. The molecule has 1 aliphatic carbocycles. The summed E-state index contributed by atoms with van der Waals surface area (Å²) in [7, 11) is 0. The Labute approximate surface area is 123 Å². The molecule has 0 amide bonds. The highest BCUT2D eigenvalue weighted by Gasteiger charge is 2.33. The summed E-state index contributed by atoms with van der Waals surface area (Å²) in [5, 5.41) is 22.9. The molecule has 1 aliphatic rings. The van der Waals surface area contributed by atoms with Crippen LogP contribution in [0.25, 0.3) is 0 Å². The Balaban J connectivity index is 1.64. The highest BCUT2D eigenvalue weighted by molar-refractivity contribution is 5.50. The van der Waals surface area contributed by atoms with Gasteiger partial charge in [0.2, 0.25) is 0 Å². The minimum Gasteiger partial charge on any atom is -0.392 e. The maximum Gasteiger partial charge on any atom is 0.0945 e. The average Bonchev–Trinajstić information content (AvgIpc) is 3.11. The van der Waals surface area contributed by atoms with E-state index in [1.165, 1.54) is 0 Å². The van der Waals surface area contributed by atoms with Crippen LogP contribution >= 0.6 is 0 Å². The van der Waals surface area contributed by atoms with Gasteiger partial charge in [-0.1, -0.05) is 0 Å². The Morgan fingerprint density at radius 1 is 1.29 bits per heavy atom. The number of aliphatic hydroxyl groups is 2. The van der Waals surface area contributed by atoms with Crippen molar-refractivity contribution in [2.24, 2.45) is 5.92 Å². The van der Waals surface area contributed by atoms with Crippen molar-refractivity contribution in [1.29, 1.82) is 0 Å². The van der Waals surface area contributed by atoms with Crippen LogP contribution in [0.5, 0.6) is 0 Å². The fourth-order valence-electron chi connectivity index (χ4n) is 3.01. The van der Waals surface area contributed by atoms with E-state index in [1.54, 1.807) is 24.9 Å². The molecule has 2 heterocycles. The van der Waals surface area contributed by atoms with Crippen LogP contribution in [0.1, 0.15) is 18.4 Å². The van der Waals surface area contributed by atoms with E-state index >= 15 is 0 Å². The molecule has 1 unspecified atom stereocenters. The third kappa shape index (κ3) is 3.22. The van der Waals surface area contributed by atoms with E-state index in [1.807, 2.05) is 16.8 Å². The molecule has 3 rings (SSSR count). The number of aliphatic hydroxyl groups excluding tert-OH is 2. The zero-order chi connectivity index (χ0) is 14.7. The maximum absolute atomic E-state index is 10.2. The van der Waals surface area contributed by atoms with Crippen LogP contribution in [0.4, 0.5) is 5.69 Å². The van der Waals surface area contributed by atoms with Crippen molar-refractivity contribution in [2.45, 2.75) is 38.1 Å². The Morgan fingerprint density at radius 3 is 2.95 bits per heavy atom. The average molecular weight is 288 g/mol. The van der Waals surface area contributed by atoms with Crippen molar-refractivity contribution in [3.63, 3.8) is 0 Å². The fourth-order valence-corrected chi connectivity index (χ4v) is 3.01. The topological polar surface area (TPSA) is 83.2 Å². The van der Waals surface area contributed by atoms with E-state index in [0.717, 1.165) is 30.6 Å². The number of anilines is 1. The van der Waals surface area contributed by atoms with Gasteiger partial charge < -0.3 is 20.1 Å². The minimum absolute atomic E-state index is 0.00576. The van der Waals surface area contributed by atoms with E-state index in [4.69, 9.17) is 0 Å². The molecule has 0 aromatic carbocycles. The smallest absolute Gasteiger partial charge is 0.0945 e. The van der Waals surface area contributed by atoms with E-state index < -0.39 is 0 Å². The van der Waals surface area contributed by atoms with Gasteiger partial charge in [-0.05, 0) is 24.8 Å². The molecule has 3 N–H and O–H groups in total. The molecular formula is C15H20N4O2. The lowest BCUT2D eigenvalue weighted by atomic mass is 10.1. The zero-order valence-corrected chi connectivity index (χ0v) is 11.8. The van der Waals surface area contributed by atoms with Crippen LogP contribution in [0.2, 0.25) is 0 Å². The predicted molar refractivity (Wildman–Crippen MR) is 78.5 cm³/mol. The molecule has 0 spiro atoms. The number of hydrogen-bond acceptors (Lipinski definition) is 5. The standard InChI is InChI=1S/C15H20N4O2/c20-9-12-7-16-2-1-13(12)18-14-5-11(6-15(14)21)8-19-4-3-17-10-19/h1-4,7,10-11,14-15,20-21H,5-6,8-9H2,(H,16,18)/t11?,14-,15-/m1/s1. The number of hydrogen-bond donors (Lipinski definition) is 3. The highest BCUT2D eigenvalue weighted by Crippen LogP contribution is 2.30. The van der Waals surface area contributed by atoms with Crippen LogP contribution in [-0.4, -0.2) is 36.9 Å². The van der Waals surface area contributed by atoms with Gasteiger partial charge in [-0.15, -0.1) is 0 Å². The second-order valence-electron chi connectivity index (χ2n) is 5.61. The first kappa shape index (κ1) is 14.0. The summed E-state index contributed by atoms with van der Waals surface area (Å²) in [5.41, 5.74) is 1.60. The van der Waals surface area contributed by atoms with Crippen LogP contribution in [0.3, 0.4) is 0 Å².